The zero-order chi connectivity index (χ0) is 8.74. The molecule has 2 N–H and O–H groups in total. The molecule has 0 aromatic heterocycles. The zero-order valence-electron chi connectivity index (χ0n) is 7.98. The molecule has 0 unspecified atom stereocenters. The van der Waals surface area contributed by atoms with E-state index >= 15 is 0 Å². The van der Waals surface area contributed by atoms with E-state index in [1.807, 2.05) is 13.8 Å². The Hall–Kier alpha value is -0.0800. The van der Waals surface area contributed by atoms with Crippen LogP contribution in [-0.2, 0) is 0 Å². The lowest BCUT2D eigenvalue weighted by Crippen LogP contribution is -2.35. The Morgan fingerprint density at radius 3 is 2.36 bits per heavy atom. The van der Waals surface area contributed by atoms with Crippen molar-refractivity contribution in [3.63, 3.8) is 0 Å². The number of hydrogen-bond donors (Lipinski definition) is 2. The monoisotopic (exact) mass is 159 g/mol. The summed E-state index contributed by atoms with van der Waals surface area (Å²) < 4.78 is 0. The molecule has 2 nitrogen and oxygen atoms in total. The summed E-state index contributed by atoms with van der Waals surface area (Å²) in [4.78, 5) is 0. The second kappa shape index (κ2) is 5.56. The number of aliphatic hydroxyl groups is 1. The van der Waals surface area contributed by atoms with Gasteiger partial charge in [-0.15, -0.1) is 0 Å². The summed E-state index contributed by atoms with van der Waals surface area (Å²) in [5, 5.41) is 12.5. The zero-order valence-corrected chi connectivity index (χ0v) is 7.98. The summed E-state index contributed by atoms with van der Waals surface area (Å²) in [6, 6.07) is 0. The first-order valence-corrected chi connectivity index (χ1v) is 4.49. The fraction of sp³-hybridized carbons (Fsp3) is 1.00. The molecule has 0 fully saturated rings. The maximum Gasteiger partial charge on any atom is 0.0715 e. The number of nitrogens with one attached hydrogen (secondary N) is 1. The van der Waals surface area contributed by atoms with Gasteiger partial charge in [-0.25, -0.2) is 0 Å². The smallest absolute Gasteiger partial charge is 0.0715 e. The van der Waals surface area contributed by atoms with Crippen LogP contribution in [0.3, 0.4) is 0 Å². The molecule has 0 heterocycles. The topological polar surface area (TPSA) is 32.3 Å². The van der Waals surface area contributed by atoms with Crippen LogP contribution in [0.5, 0.6) is 0 Å². The first-order valence-electron chi connectivity index (χ1n) is 4.49. The lowest BCUT2D eigenvalue weighted by molar-refractivity contribution is 0.0799. The molecular formula is C9H21NO. The molecule has 0 aliphatic rings. The van der Waals surface area contributed by atoms with Gasteiger partial charge in [0, 0.05) is 6.54 Å². The maximum atomic E-state index is 9.31. The van der Waals surface area contributed by atoms with Crippen LogP contribution < -0.4 is 5.32 Å². The average Bonchev–Trinajstić information content (AvgIpc) is 1.85. The van der Waals surface area contributed by atoms with Crippen LogP contribution >= 0.6 is 0 Å². The lowest BCUT2D eigenvalue weighted by Gasteiger charge is -2.17. The van der Waals surface area contributed by atoms with Gasteiger partial charge in [-0.1, -0.05) is 19.8 Å². The minimum atomic E-state index is -0.563. The quantitative estimate of drug-likeness (QED) is 0.576. The number of unbranched alkanes of at least 4 members (excludes halogenated alkanes) is 2. The number of hydrogen-bond acceptors (Lipinski definition) is 2. The molecule has 68 valence electrons. The molecule has 0 aromatic carbocycles. The van der Waals surface area contributed by atoms with E-state index in [0.717, 1.165) is 6.54 Å². The fourth-order valence-corrected chi connectivity index (χ4v) is 0.894. The van der Waals surface area contributed by atoms with Crippen LogP contribution in [-0.4, -0.2) is 23.8 Å². The molecule has 0 aliphatic carbocycles. The van der Waals surface area contributed by atoms with Gasteiger partial charge in [0.15, 0.2) is 0 Å². The molecule has 0 spiro atoms. The van der Waals surface area contributed by atoms with Gasteiger partial charge in [0.1, 0.15) is 0 Å². The van der Waals surface area contributed by atoms with Crippen LogP contribution in [0, 0.1) is 0 Å². The van der Waals surface area contributed by atoms with Crippen molar-refractivity contribution in [3.8, 4) is 0 Å². The third-order valence-corrected chi connectivity index (χ3v) is 1.51. The van der Waals surface area contributed by atoms with Crippen LogP contribution in [0.1, 0.15) is 40.0 Å². The first kappa shape index (κ1) is 10.9. The molecule has 0 saturated carbocycles. The summed E-state index contributed by atoms with van der Waals surface area (Å²) in [5.41, 5.74) is -0.563. The van der Waals surface area contributed by atoms with E-state index in [2.05, 4.69) is 12.2 Å². The minimum Gasteiger partial charge on any atom is -0.389 e. The lowest BCUT2D eigenvalue weighted by atomic mass is 10.1. The summed E-state index contributed by atoms with van der Waals surface area (Å²) in [7, 11) is 0. The maximum absolute atomic E-state index is 9.31. The molecule has 0 aliphatic heterocycles. The largest absolute Gasteiger partial charge is 0.389 e. The van der Waals surface area contributed by atoms with E-state index in [0.29, 0.717) is 6.54 Å². The van der Waals surface area contributed by atoms with Crippen LogP contribution in [0.4, 0.5) is 0 Å². The van der Waals surface area contributed by atoms with Crippen LogP contribution in [0.2, 0.25) is 0 Å². The highest BCUT2D eigenvalue weighted by molar-refractivity contribution is 4.67. The Kier molecular flexibility index (Phi) is 5.51. The molecular weight excluding hydrogens is 138 g/mol. The Morgan fingerprint density at radius 2 is 1.91 bits per heavy atom. The van der Waals surface area contributed by atoms with Gasteiger partial charge in [-0.2, -0.15) is 0 Å². The second-order valence-electron chi connectivity index (χ2n) is 3.70. The van der Waals surface area contributed by atoms with Gasteiger partial charge in [0.2, 0.25) is 0 Å². The molecule has 0 radical (unpaired) electrons. The molecule has 0 saturated heterocycles. The van der Waals surface area contributed by atoms with Gasteiger partial charge in [0.25, 0.3) is 0 Å². The summed E-state index contributed by atoms with van der Waals surface area (Å²) in [6.07, 6.45) is 3.75. The average molecular weight is 159 g/mol. The molecule has 0 aromatic rings. The summed E-state index contributed by atoms with van der Waals surface area (Å²) in [5.74, 6) is 0. The third kappa shape index (κ3) is 9.92. The number of rotatable bonds is 6. The first-order chi connectivity index (χ1) is 5.06. The van der Waals surface area contributed by atoms with Crippen molar-refractivity contribution in [3.05, 3.63) is 0 Å². The fourth-order valence-electron chi connectivity index (χ4n) is 0.894. The van der Waals surface area contributed by atoms with E-state index < -0.39 is 5.60 Å². The molecule has 11 heavy (non-hydrogen) atoms. The van der Waals surface area contributed by atoms with E-state index in [-0.39, 0.29) is 0 Å². The normalized spacial score (nSPS) is 12.0. The second-order valence-corrected chi connectivity index (χ2v) is 3.70. The highest BCUT2D eigenvalue weighted by Crippen LogP contribution is 1.97. The van der Waals surface area contributed by atoms with Crippen molar-refractivity contribution >= 4 is 0 Å². The van der Waals surface area contributed by atoms with Crippen molar-refractivity contribution in [2.75, 3.05) is 13.1 Å². The highest BCUT2D eigenvalue weighted by atomic mass is 16.3. The summed E-state index contributed by atoms with van der Waals surface area (Å²) in [6.45, 7) is 7.55. The van der Waals surface area contributed by atoms with Gasteiger partial charge in [0.05, 0.1) is 5.60 Å². The summed E-state index contributed by atoms with van der Waals surface area (Å²) >= 11 is 0. The van der Waals surface area contributed by atoms with Crippen molar-refractivity contribution in [2.24, 2.45) is 0 Å². The minimum absolute atomic E-state index is 0.563. The third-order valence-electron chi connectivity index (χ3n) is 1.51. The predicted molar refractivity (Wildman–Crippen MR) is 48.7 cm³/mol. The van der Waals surface area contributed by atoms with E-state index in [4.69, 9.17) is 0 Å². The molecule has 0 rings (SSSR count). The Bertz CT molecular complexity index is 86.1. The van der Waals surface area contributed by atoms with E-state index in [9.17, 15) is 5.11 Å². The van der Waals surface area contributed by atoms with Crippen LogP contribution in [0.15, 0.2) is 0 Å². The molecule has 2 heteroatoms. The van der Waals surface area contributed by atoms with Gasteiger partial charge >= 0.3 is 0 Å². The molecule has 0 atom stereocenters. The van der Waals surface area contributed by atoms with Gasteiger partial charge < -0.3 is 10.4 Å². The Morgan fingerprint density at radius 1 is 1.27 bits per heavy atom. The highest BCUT2D eigenvalue weighted by Gasteiger charge is 2.10. The Labute approximate surface area is 70.0 Å². The Balaban J connectivity index is 3.02. The van der Waals surface area contributed by atoms with Crippen molar-refractivity contribution in [1.82, 2.24) is 5.32 Å². The van der Waals surface area contributed by atoms with Crippen molar-refractivity contribution in [1.29, 1.82) is 0 Å². The van der Waals surface area contributed by atoms with Crippen molar-refractivity contribution < 1.29 is 5.11 Å². The van der Waals surface area contributed by atoms with Crippen LogP contribution in [0.25, 0.3) is 0 Å². The van der Waals surface area contributed by atoms with Gasteiger partial charge in [-0.3, -0.25) is 0 Å². The molecule has 0 bridgehead atoms. The predicted octanol–water partition coefficient (Wildman–Crippen LogP) is 1.54. The van der Waals surface area contributed by atoms with E-state index in [1.165, 1.54) is 19.3 Å². The van der Waals surface area contributed by atoms with Gasteiger partial charge in [-0.05, 0) is 26.8 Å². The molecule has 0 amide bonds. The van der Waals surface area contributed by atoms with Crippen molar-refractivity contribution in [2.45, 2.75) is 45.6 Å². The standard InChI is InChI=1S/C9H21NO/c1-4-5-6-7-10-8-9(2,3)11/h10-11H,4-8H2,1-3H3. The SMILES string of the molecule is CCCCCNCC(C)(C)O. The van der Waals surface area contributed by atoms with E-state index in [1.54, 1.807) is 0 Å².